The first-order valence-corrected chi connectivity index (χ1v) is 5.76. The highest BCUT2D eigenvalue weighted by Gasteiger charge is 2.11. The van der Waals surface area contributed by atoms with Gasteiger partial charge in [0.15, 0.2) is 5.82 Å². The molecular weight excluding hydrogens is 258 g/mol. The number of nitrogens with zero attached hydrogens (tertiary/aromatic N) is 2. The van der Waals surface area contributed by atoms with Gasteiger partial charge in [-0.2, -0.15) is 0 Å². The van der Waals surface area contributed by atoms with Crippen molar-refractivity contribution in [1.29, 1.82) is 0 Å². The molecule has 0 atom stereocenters. The summed E-state index contributed by atoms with van der Waals surface area (Å²) in [5.41, 5.74) is 4.42. The van der Waals surface area contributed by atoms with Gasteiger partial charge in [-0.3, -0.25) is 0 Å². The monoisotopic (exact) mass is 271 g/mol. The molecule has 1 aliphatic rings. The Morgan fingerprint density at radius 2 is 2.20 bits per heavy atom. The standard InChI is InChI=1S/C10H14BrN3O/c1-8-6-9(11)10(12-7-8)13-14-2-4-15-5-3-14/h6-7H,2-5H2,1H3,(H,12,13). The van der Waals surface area contributed by atoms with Gasteiger partial charge < -0.3 is 10.2 Å². The van der Waals surface area contributed by atoms with Crippen LogP contribution in [-0.2, 0) is 4.74 Å². The van der Waals surface area contributed by atoms with E-state index in [0.717, 1.165) is 42.2 Å². The third kappa shape index (κ3) is 2.90. The lowest BCUT2D eigenvalue weighted by Gasteiger charge is -2.27. The molecular formula is C10H14BrN3O. The van der Waals surface area contributed by atoms with Crippen LogP contribution in [0.15, 0.2) is 16.7 Å². The smallest absolute Gasteiger partial charge is 0.154 e. The number of rotatable bonds is 2. The van der Waals surface area contributed by atoms with Gasteiger partial charge in [-0.15, -0.1) is 0 Å². The molecule has 2 rings (SSSR count). The molecule has 0 radical (unpaired) electrons. The summed E-state index contributed by atoms with van der Waals surface area (Å²) < 4.78 is 6.27. The predicted octanol–water partition coefficient (Wildman–Crippen LogP) is 1.81. The van der Waals surface area contributed by atoms with E-state index >= 15 is 0 Å². The number of halogens is 1. The minimum Gasteiger partial charge on any atom is -0.379 e. The maximum Gasteiger partial charge on any atom is 0.154 e. The summed E-state index contributed by atoms with van der Waals surface area (Å²) in [5.74, 6) is 0.863. The van der Waals surface area contributed by atoms with E-state index in [1.54, 1.807) is 0 Å². The fourth-order valence-electron chi connectivity index (χ4n) is 1.44. The first kappa shape index (κ1) is 10.9. The number of ether oxygens (including phenoxy) is 1. The second kappa shape index (κ2) is 4.92. The Morgan fingerprint density at radius 1 is 1.47 bits per heavy atom. The lowest BCUT2D eigenvalue weighted by atomic mass is 10.3. The van der Waals surface area contributed by atoms with Crippen LogP contribution in [0.2, 0.25) is 0 Å². The lowest BCUT2D eigenvalue weighted by molar-refractivity contribution is 0.0494. The van der Waals surface area contributed by atoms with Crippen LogP contribution >= 0.6 is 15.9 Å². The van der Waals surface area contributed by atoms with Gasteiger partial charge in [-0.25, -0.2) is 9.99 Å². The van der Waals surface area contributed by atoms with Crippen LogP contribution in [0.25, 0.3) is 0 Å². The molecule has 1 aromatic heterocycles. The summed E-state index contributed by atoms with van der Waals surface area (Å²) in [6.07, 6.45) is 1.85. The number of aromatic nitrogens is 1. The Morgan fingerprint density at radius 3 is 2.87 bits per heavy atom. The number of hydrogen-bond acceptors (Lipinski definition) is 4. The van der Waals surface area contributed by atoms with Crippen LogP contribution in [0.4, 0.5) is 5.82 Å². The normalized spacial score (nSPS) is 17.7. The summed E-state index contributed by atoms with van der Waals surface area (Å²) in [7, 11) is 0. The van der Waals surface area contributed by atoms with E-state index in [0.29, 0.717) is 0 Å². The zero-order valence-electron chi connectivity index (χ0n) is 8.66. The van der Waals surface area contributed by atoms with E-state index in [9.17, 15) is 0 Å². The minimum absolute atomic E-state index is 0.774. The SMILES string of the molecule is Cc1cnc(NN2CCOCC2)c(Br)c1. The van der Waals surface area contributed by atoms with Gasteiger partial charge in [0.2, 0.25) is 0 Å². The quantitative estimate of drug-likeness (QED) is 0.891. The van der Waals surface area contributed by atoms with Crippen molar-refractivity contribution < 1.29 is 4.74 Å². The molecule has 1 aliphatic heterocycles. The predicted molar refractivity (Wildman–Crippen MR) is 62.7 cm³/mol. The molecule has 82 valence electrons. The summed E-state index contributed by atoms with van der Waals surface area (Å²) >= 11 is 3.49. The Labute approximate surface area is 97.7 Å². The zero-order chi connectivity index (χ0) is 10.7. The summed E-state index contributed by atoms with van der Waals surface area (Å²) in [4.78, 5) is 4.33. The van der Waals surface area contributed by atoms with Gasteiger partial charge in [0.1, 0.15) is 0 Å². The second-order valence-electron chi connectivity index (χ2n) is 3.55. The molecule has 1 fully saturated rings. The van der Waals surface area contributed by atoms with E-state index in [1.165, 1.54) is 0 Å². The molecule has 0 spiro atoms. The average Bonchev–Trinajstić information content (AvgIpc) is 2.24. The fourth-order valence-corrected chi connectivity index (χ4v) is 1.99. The van der Waals surface area contributed by atoms with Crippen molar-refractivity contribution in [1.82, 2.24) is 9.99 Å². The van der Waals surface area contributed by atoms with Crippen LogP contribution in [0.3, 0.4) is 0 Å². The van der Waals surface area contributed by atoms with Crippen LogP contribution < -0.4 is 5.43 Å². The molecule has 0 unspecified atom stereocenters. The Kier molecular flexibility index (Phi) is 3.56. The van der Waals surface area contributed by atoms with Crippen molar-refractivity contribution in [3.63, 3.8) is 0 Å². The Bertz CT molecular complexity index is 339. The third-order valence-electron chi connectivity index (χ3n) is 2.25. The largest absolute Gasteiger partial charge is 0.379 e. The molecule has 1 saturated heterocycles. The van der Waals surface area contributed by atoms with Crippen LogP contribution in [0, 0.1) is 6.92 Å². The summed E-state index contributed by atoms with van der Waals surface area (Å²) in [6.45, 7) is 5.35. The topological polar surface area (TPSA) is 37.4 Å². The molecule has 1 N–H and O–H groups in total. The molecule has 15 heavy (non-hydrogen) atoms. The maximum absolute atomic E-state index is 5.27. The highest BCUT2D eigenvalue weighted by atomic mass is 79.9. The van der Waals surface area contributed by atoms with Crippen molar-refractivity contribution >= 4 is 21.7 Å². The number of pyridine rings is 1. The van der Waals surface area contributed by atoms with Crippen LogP contribution in [0.5, 0.6) is 0 Å². The number of aryl methyl sites for hydroxylation is 1. The zero-order valence-corrected chi connectivity index (χ0v) is 10.2. The van der Waals surface area contributed by atoms with Crippen LogP contribution in [0.1, 0.15) is 5.56 Å². The number of morpholine rings is 1. The van der Waals surface area contributed by atoms with Gasteiger partial charge >= 0.3 is 0 Å². The van der Waals surface area contributed by atoms with E-state index < -0.39 is 0 Å². The van der Waals surface area contributed by atoms with Gasteiger partial charge in [0.25, 0.3) is 0 Å². The maximum atomic E-state index is 5.27. The first-order chi connectivity index (χ1) is 7.25. The minimum atomic E-state index is 0.774. The molecule has 0 amide bonds. The fraction of sp³-hybridized carbons (Fsp3) is 0.500. The van der Waals surface area contributed by atoms with Crippen molar-refractivity contribution in [2.45, 2.75) is 6.92 Å². The number of nitrogens with one attached hydrogen (secondary N) is 1. The van der Waals surface area contributed by atoms with E-state index in [1.807, 2.05) is 13.1 Å². The number of hydrogen-bond donors (Lipinski definition) is 1. The van der Waals surface area contributed by atoms with E-state index in [-0.39, 0.29) is 0 Å². The number of hydrazine groups is 1. The van der Waals surface area contributed by atoms with Crippen molar-refractivity contribution in [3.05, 3.63) is 22.3 Å². The Balaban J connectivity index is 2.03. The first-order valence-electron chi connectivity index (χ1n) is 4.97. The molecule has 0 aliphatic carbocycles. The molecule has 4 nitrogen and oxygen atoms in total. The van der Waals surface area contributed by atoms with E-state index in [2.05, 4.69) is 37.4 Å². The average molecular weight is 272 g/mol. The molecule has 0 aromatic carbocycles. The summed E-state index contributed by atoms with van der Waals surface area (Å²) in [6, 6.07) is 2.05. The Hall–Kier alpha value is -0.650. The van der Waals surface area contributed by atoms with Gasteiger partial charge in [-0.05, 0) is 34.5 Å². The van der Waals surface area contributed by atoms with Crippen molar-refractivity contribution in [2.75, 3.05) is 31.7 Å². The highest BCUT2D eigenvalue weighted by molar-refractivity contribution is 9.10. The van der Waals surface area contributed by atoms with Gasteiger partial charge in [0.05, 0.1) is 17.7 Å². The third-order valence-corrected chi connectivity index (χ3v) is 2.86. The van der Waals surface area contributed by atoms with Crippen LogP contribution in [-0.4, -0.2) is 36.3 Å². The summed E-state index contributed by atoms with van der Waals surface area (Å²) in [5, 5.41) is 2.12. The van der Waals surface area contributed by atoms with Gasteiger partial charge in [-0.1, -0.05) is 0 Å². The molecule has 5 heteroatoms. The van der Waals surface area contributed by atoms with Crippen molar-refractivity contribution in [2.24, 2.45) is 0 Å². The lowest BCUT2D eigenvalue weighted by Crippen LogP contribution is -2.40. The molecule has 0 bridgehead atoms. The molecule has 0 saturated carbocycles. The second-order valence-corrected chi connectivity index (χ2v) is 4.41. The van der Waals surface area contributed by atoms with Gasteiger partial charge in [0, 0.05) is 19.3 Å². The molecule has 2 heterocycles. The highest BCUT2D eigenvalue weighted by Crippen LogP contribution is 2.21. The molecule has 1 aromatic rings. The number of anilines is 1. The van der Waals surface area contributed by atoms with E-state index in [4.69, 9.17) is 4.74 Å². The van der Waals surface area contributed by atoms with Crippen molar-refractivity contribution in [3.8, 4) is 0 Å².